The average molecular weight is 328 g/mol. The minimum atomic E-state index is -0.138. The van der Waals surface area contributed by atoms with Gasteiger partial charge in [0.2, 0.25) is 5.91 Å². The van der Waals surface area contributed by atoms with Crippen LogP contribution < -0.4 is 10.1 Å². The second kappa shape index (κ2) is 6.75. The van der Waals surface area contributed by atoms with E-state index in [4.69, 9.17) is 9.15 Å². The van der Waals surface area contributed by atoms with Gasteiger partial charge in [0.25, 0.3) is 5.22 Å². The summed E-state index contributed by atoms with van der Waals surface area (Å²) in [7, 11) is 1.58. The van der Waals surface area contributed by atoms with Gasteiger partial charge in [-0.05, 0) is 36.8 Å². The Morgan fingerprint density at radius 1 is 1.30 bits per heavy atom. The van der Waals surface area contributed by atoms with Gasteiger partial charge in [0.1, 0.15) is 11.3 Å². The van der Waals surface area contributed by atoms with E-state index < -0.39 is 0 Å². The molecule has 0 radical (unpaired) electrons. The summed E-state index contributed by atoms with van der Waals surface area (Å²) in [4.78, 5) is 16.5. The van der Waals surface area contributed by atoms with Crippen LogP contribution >= 0.6 is 11.8 Å². The number of hydrogen-bond donors (Lipinski definition) is 1. The molecule has 5 nitrogen and oxygen atoms in total. The third kappa shape index (κ3) is 3.65. The Bertz CT molecular complexity index is 812. The lowest BCUT2D eigenvalue weighted by Gasteiger charge is -2.10. The highest BCUT2D eigenvalue weighted by molar-refractivity contribution is 7.99. The molecule has 0 aliphatic rings. The summed E-state index contributed by atoms with van der Waals surface area (Å²) in [5.41, 5.74) is 3.22. The molecule has 23 heavy (non-hydrogen) atoms. The molecular weight excluding hydrogens is 312 g/mol. The number of nitrogens with zero attached hydrogens (tertiary/aromatic N) is 1. The molecule has 118 valence electrons. The summed E-state index contributed by atoms with van der Waals surface area (Å²) in [5, 5.41) is 3.34. The van der Waals surface area contributed by atoms with Crippen LogP contribution in [0.1, 0.15) is 5.56 Å². The molecular formula is C17H16N2O3S. The third-order valence-corrected chi connectivity index (χ3v) is 4.06. The van der Waals surface area contributed by atoms with Crippen LogP contribution in [0, 0.1) is 6.92 Å². The van der Waals surface area contributed by atoms with Crippen LogP contribution in [-0.2, 0) is 4.79 Å². The Balaban J connectivity index is 1.64. The number of methoxy groups -OCH3 is 1. The average Bonchev–Trinajstić information content (AvgIpc) is 2.96. The van der Waals surface area contributed by atoms with Crippen LogP contribution in [0.5, 0.6) is 5.75 Å². The monoisotopic (exact) mass is 328 g/mol. The number of aryl methyl sites for hydroxylation is 1. The lowest BCUT2D eigenvalue weighted by Crippen LogP contribution is -2.14. The number of carbonyl (C=O) groups is 1. The van der Waals surface area contributed by atoms with Crippen LogP contribution in [0.4, 0.5) is 5.69 Å². The number of anilines is 1. The fourth-order valence-electron chi connectivity index (χ4n) is 2.15. The zero-order valence-corrected chi connectivity index (χ0v) is 13.6. The quantitative estimate of drug-likeness (QED) is 0.720. The van der Waals surface area contributed by atoms with E-state index in [1.165, 1.54) is 11.8 Å². The second-order valence-electron chi connectivity index (χ2n) is 4.99. The molecule has 0 aliphatic heterocycles. The Morgan fingerprint density at radius 3 is 2.91 bits per heavy atom. The highest BCUT2D eigenvalue weighted by Crippen LogP contribution is 2.26. The third-order valence-electron chi connectivity index (χ3n) is 3.23. The van der Waals surface area contributed by atoms with Crippen LogP contribution in [0.15, 0.2) is 52.1 Å². The fourth-order valence-corrected chi connectivity index (χ4v) is 2.78. The van der Waals surface area contributed by atoms with E-state index >= 15 is 0 Å². The Kier molecular flexibility index (Phi) is 4.52. The maximum Gasteiger partial charge on any atom is 0.257 e. The number of carbonyl (C=O) groups excluding carboxylic acids is 1. The Labute approximate surface area is 138 Å². The molecule has 0 spiro atoms. The number of aromatic nitrogens is 1. The van der Waals surface area contributed by atoms with Gasteiger partial charge in [-0.25, -0.2) is 4.98 Å². The first kappa shape index (κ1) is 15.4. The molecule has 0 saturated heterocycles. The highest BCUT2D eigenvalue weighted by Gasteiger charge is 2.11. The number of hydrogen-bond acceptors (Lipinski definition) is 5. The van der Waals surface area contributed by atoms with Crippen molar-refractivity contribution in [3.05, 3.63) is 48.0 Å². The first-order valence-electron chi connectivity index (χ1n) is 7.08. The van der Waals surface area contributed by atoms with Gasteiger partial charge in [0.15, 0.2) is 5.58 Å². The van der Waals surface area contributed by atoms with Crippen molar-refractivity contribution in [3.8, 4) is 5.75 Å². The van der Waals surface area contributed by atoms with Gasteiger partial charge >= 0.3 is 0 Å². The molecule has 1 amide bonds. The first-order chi connectivity index (χ1) is 11.2. The standard InChI is InChI=1S/C17H16N2O3S/c1-11-7-8-14(21-2)13(9-11)18-16(20)10-23-17-19-12-5-3-4-6-15(12)22-17/h3-9H,10H2,1-2H3,(H,18,20). The smallest absolute Gasteiger partial charge is 0.257 e. The van der Waals surface area contributed by atoms with Crippen LogP contribution in [-0.4, -0.2) is 23.8 Å². The van der Waals surface area contributed by atoms with Crippen molar-refractivity contribution in [1.29, 1.82) is 0 Å². The second-order valence-corrected chi connectivity index (χ2v) is 5.91. The predicted molar refractivity (Wildman–Crippen MR) is 91.1 cm³/mol. The maximum absolute atomic E-state index is 12.1. The van der Waals surface area contributed by atoms with Crippen LogP contribution in [0.3, 0.4) is 0 Å². The molecule has 1 heterocycles. The molecule has 0 atom stereocenters. The van der Waals surface area contributed by atoms with E-state index in [1.54, 1.807) is 7.11 Å². The van der Waals surface area contributed by atoms with E-state index in [2.05, 4.69) is 10.3 Å². The van der Waals surface area contributed by atoms with Gasteiger partial charge in [0.05, 0.1) is 18.6 Å². The van der Waals surface area contributed by atoms with Crippen LogP contribution in [0.2, 0.25) is 0 Å². The lowest BCUT2D eigenvalue weighted by molar-refractivity contribution is -0.113. The van der Waals surface area contributed by atoms with Crippen molar-refractivity contribution in [2.75, 3.05) is 18.2 Å². The molecule has 6 heteroatoms. The summed E-state index contributed by atoms with van der Waals surface area (Å²) in [5.74, 6) is 0.709. The number of nitrogens with one attached hydrogen (secondary N) is 1. The van der Waals surface area contributed by atoms with Crippen molar-refractivity contribution >= 4 is 34.5 Å². The van der Waals surface area contributed by atoms with E-state index in [-0.39, 0.29) is 11.7 Å². The largest absolute Gasteiger partial charge is 0.495 e. The van der Waals surface area contributed by atoms with E-state index in [9.17, 15) is 4.79 Å². The number of fused-ring (bicyclic) bond motifs is 1. The lowest BCUT2D eigenvalue weighted by atomic mass is 10.2. The van der Waals surface area contributed by atoms with Crippen molar-refractivity contribution in [1.82, 2.24) is 4.98 Å². The molecule has 1 N–H and O–H groups in total. The molecule has 2 aromatic carbocycles. The number of amides is 1. The zero-order chi connectivity index (χ0) is 16.2. The minimum Gasteiger partial charge on any atom is -0.495 e. The van der Waals surface area contributed by atoms with Gasteiger partial charge in [-0.3, -0.25) is 4.79 Å². The number of benzene rings is 2. The van der Waals surface area contributed by atoms with Gasteiger partial charge < -0.3 is 14.5 Å². The molecule has 1 aromatic heterocycles. The van der Waals surface area contributed by atoms with Gasteiger partial charge in [-0.15, -0.1) is 0 Å². The number of rotatable bonds is 5. The molecule has 3 rings (SSSR count). The normalized spacial score (nSPS) is 10.7. The number of para-hydroxylation sites is 2. The van der Waals surface area contributed by atoms with Gasteiger partial charge in [-0.2, -0.15) is 0 Å². The van der Waals surface area contributed by atoms with Gasteiger partial charge in [0, 0.05) is 0 Å². The Morgan fingerprint density at radius 2 is 2.13 bits per heavy atom. The molecule has 0 unspecified atom stereocenters. The predicted octanol–water partition coefficient (Wildman–Crippen LogP) is 3.88. The van der Waals surface area contributed by atoms with Crippen molar-refractivity contribution in [2.24, 2.45) is 0 Å². The SMILES string of the molecule is COc1ccc(C)cc1NC(=O)CSc1nc2ccccc2o1. The summed E-state index contributed by atoms with van der Waals surface area (Å²) in [6.45, 7) is 1.96. The summed E-state index contributed by atoms with van der Waals surface area (Å²) < 4.78 is 10.8. The Hall–Kier alpha value is -2.47. The van der Waals surface area contributed by atoms with Crippen molar-refractivity contribution < 1.29 is 13.9 Å². The molecule has 0 bridgehead atoms. The first-order valence-corrected chi connectivity index (χ1v) is 8.07. The maximum atomic E-state index is 12.1. The van der Waals surface area contributed by atoms with E-state index in [0.717, 1.165) is 16.7 Å². The van der Waals surface area contributed by atoms with Crippen molar-refractivity contribution in [2.45, 2.75) is 12.1 Å². The van der Waals surface area contributed by atoms with Gasteiger partial charge in [-0.1, -0.05) is 30.0 Å². The highest BCUT2D eigenvalue weighted by atomic mass is 32.2. The molecule has 0 aliphatic carbocycles. The van der Waals surface area contributed by atoms with Crippen molar-refractivity contribution in [3.63, 3.8) is 0 Å². The zero-order valence-electron chi connectivity index (χ0n) is 12.8. The molecule has 0 saturated carbocycles. The number of thioether (sulfide) groups is 1. The minimum absolute atomic E-state index is 0.138. The summed E-state index contributed by atoms with van der Waals surface area (Å²) in [6.07, 6.45) is 0. The van der Waals surface area contributed by atoms with Crippen LogP contribution in [0.25, 0.3) is 11.1 Å². The fraction of sp³-hybridized carbons (Fsp3) is 0.176. The number of oxazole rings is 1. The topological polar surface area (TPSA) is 64.4 Å². The summed E-state index contributed by atoms with van der Waals surface area (Å²) in [6, 6.07) is 13.2. The number of ether oxygens (including phenoxy) is 1. The molecule has 3 aromatic rings. The van der Waals surface area contributed by atoms with E-state index in [1.807, 2.05) is 49.4 Å². The van der Waals surface area contributed by atoms with E-state index in [0.29, 0.717) is 16.7 Å². The molecule has 0 fully saturated rings. The summed E-state index contributed by atoms with van der Waals surface area (Å²) >= 11 is 1.26.